The molecule has 114 valence electrons. The highest BCUT2D eigenvalue weighted by molar-refractivity contribution is 7.14. The van der Waals surface area contributed by atoms with Crippen LogP contribution < -0.4 is 5.32 Å². The van der Waals surface area contributed by atoms with E-state index in [1.165, 1.54) is 43.7 Å². The summed E-state index contributed by atoms with van der Waals surface area (Å²) in [5.74, 6) is 0.859. The topological polar surface area (TPSA) is 28.2 Å². The molecule has 0 radical (unpaired) electrons. The fraction of sp³-hybridized carbons (Fsp3) is 0.562. The Morgan fingerprint density at radius 1 is 1.33 bits per heavy atom. The zero-order valence-electron chi connectivity index (χ0n) is 12.5. The third kappa shape index (κ3) is 4.13. The molecule has 1 aliphatic heterocycles. The monoisotopic (exact) mass is 321 g/mol. The largest absolute Gasteiger partial charge is 0.317 e. The van der Waals surface area contributed by atoms with Gasteiger partial charge in [0.25, 0.3) is 0 Å². The number of hydrogen-bond donors (Lipinski definition) is 1. The first kappa shape index (κ1) is 15.2. The van der Waals surface area contributed by atoms with Crippen LogP contribution in [0.3, 0.4) is 0 Å². The van der Waals surface area contributed by atoms with E-state index in [2.05, 4.69) is 39.3 Å². The van der Waals surface area contributed by atoms with E-state index in [0.29, 0.717) is 0 Å². The Morgan fingerprint density at radius 2 is 2.19 bits per heavy atom. The van der Waals surface area contributed by atoms with Gasteiger partial charge < -0.3 is 5.32 Å². The lowest BCUT2D eigenvalue weighted by molar-refractivity contribution is 0.174. The number of nitrogens with zero attached hydrogens (tertiary/aromatic N) is 2. The first-order valence-electron chi connectivity index (χ1n) is 7.75. The molecule has 21 heavy (non-hydrogen) atoms. The van der Waals surface area contributed by atoms with Crippen molar-refractivity contribution in [3.63, 3.8) is 0 Å². The van der Waals surface area contributed by atoms with Crippen molar-refractivity contribution >= 4 is 22.7 Å². The molecular formula is C16H23N3S2. The number of aromatic nitrogens is 1. The number of rotatable bonds is 6. The molecule has 0 aliphatic carbocycles. The molecule has 0 aromatic carbocycles. The SMILES string of the molecule is CCNCC1CCN(Cc2csc(-c3ccsc3)n2)CC1. The van der Waals surface area contributed by atoms with Crippen molar-refractivity contribution in [1.82, 2.24) is 15.2 Å². The quantitative estimate of drug-likeness (QED) is 0.879. The summed E-state index contributed by atoms with van der Waals surface area (Å²) in [6.45, 7) is 7.88. The Balaban J connectivity index is 1.49. The summed E-state index contributed by atoms with van der Waals surface area (Å²) in [6.07, 6.45) is 2.63. The maximum absolute atomic E-state index is 4.79. The molecule has 5 heteroatoms. The van der Waals surface area contributed by atoms with Crippen LogP contribution in [0.4, 0.5) is 0 Å². The van der Waals surface area contributed by atoms with Gasteiger partial charge in [0.1, 0.15) is 5.01 Å². The highest BCUT2D eigenvalue weighted by Gasteiger charge is 2.19. The Kier molecular flexibility index (Phi) is 5.41. The molecule has 2 aromatic rings. The Bertz CT molecular complexity index is 527. The molecule has 0 bridgehead atoms. The van der Waals surface area contributed by atoms with Crippen molar-refractivity contribution in [3.8, 4) is 10.6 Å². The van der Waals surface area contributed by atoms with Gasteiger partial charge in [0.15, 0.2) is 0 Å². The zero-order chi connectivity index (χ0) is 14.5. The van der Waals surface area contributed by atoms with Crippen molar-refractivity contribution in [2.75, 3.05) is 26.2 Å². The van der Waals surface area contributed by atoms with Crippen molar-refractivity contribution in [1.29, 1.82) is 0 Å². The van der Waals surface area contributed by atoms with E-state index in [-0.39, 0.29) is 0 Å². The van der Waals surface area contributed by atoms with Gasteiger partial charge in [-0.1, -0.05) is 6.92 Å². The van der Waals surface area contributed by atoms with Gasteiger partial charge in [0.2, 0.25) is 0 Å². The van der Waals surface area contributed by atoms with Gasteiger partial charge in [0.05, 0.1) is 5.69 Å². The third-order valence-corrected chi connectivity index (χ3v) is 5.72. The number of thiazole rings is 1. The summed E-state index contributed by atoms with van der Waals surface area (Å²) in [6, 6.07) is 2.15. The minimum atomic E-state index is 0.859. The molecule has 0 atom stereocenters. The van der Waals surface area contributed by atoms with E-state index < -0.39 is 0 Å². The van der Waals surface area contributed by atoms with Gasteiger partial charge >= 0.3 is 0 Å². The fourth-order valence-corrected chi connectivity index (χ4v) is 4.35. The first-order valence-corrected chi connectivity index (χ1v) is 9.57. The van der Waals surface area contributed by atoms with E-state index in [0.717, 1.165) is 24.0 Å². The van der Waals surface area contributed by atoms with E-state index in [4.69, 9.17) is 4.98 Å². The molecule has 0 saturated carbocycles. The van der Waals surface area contributed by atoms with E-state index in [1.54, 1.807) is 22.7 Å². The molecule has 1 fully saturated rings. The second-order valence-corrected chi connectivity index (χ2v) is 7.32. The lowest BCUT2D eigenvalue weighted by atomic mass is 9.97. The third-order valence-electron chi connectivity index (χ3n) is 4.10. The molecule has 1 saturated heterocycles. The van der Waals surface area contributed by atoms with Gasteiger partial charge in [-0.25, -0.2) is 4.98 Å². The average Bonchev–Trinajstić information content (AvgIpc) is 3.17. The molecule has 0 amide bonds. The molecular weight excluding hydrogens is 298 g/mol. The van der Waals surface area contributed by atoms with Crippen LogP contribution in [0, 0.1) is 5.92 Å². The van der Waals surface area contributed by atoms with Crippen LogP contribution in [-0.2, 0) is 6.54 Å². The van der Waals surface area contributed by atoms with Gasteiger partial charge in [-0.05, 0) is 56.4 Å². The van der Waals surface area contributed by atoms with E-state index >= 15 is 0 Å². The molecule has 2 aromatic heterocycles. The highest BCUT2D eigenvalue weighted by atomic mass is 32.1. The summed E-state index contributed by atoms with van der Waals surface area (Å²) in [4.78, 5) is 7.34. The minimum absolute atomic E-state index is 0.859. The molecule has 1 aliphatic rings. The Hall–Kier alpha value is -0.750. The highest BCUT2D eigenvalue weighted by Crippen LogP contribution is 2.26. The molecule has 0 spiro atoms. The van der Waals surface area contributed by atoms with Crippen LogP contribution in [0.1, 0.15) is 25.5 Å². The summed E-state index contributed by atoms with van der Waals surface area (Å²) in [5, 5.41) is 11.1. The molecule has 3 heterocycles. The standard InChI is InChI=1S/C16H23N3S2/c1-2-17-9-13-3-6-19(7-4-13)10-15-12-21-16(18-15)14-5-8-20-11-14/h5,8,11-13,17H,2-4,6-7,9-10H2,1H3. The Labute approximate surface area is 135 Å². The summed E-state index contributed by atoms with van der Waals surface area (Å²) < 4.78 is 0. The molecule has 3 nitrogen and oxygen atoms in total. The van der Waals surface area contributed by atoms with Crippen LogP contribution in [-0.4, -0.2) is 36.1 Å². The molecule has 1 N–H and O–H groups in total. The van der Waals surface area contributed by atoms with Crippen molar-refractivity contribution in [2.24, 2.45) is 5.92 Å². The van der Waals surface area contributed by atoms with Crippen LogP contribution in [0.5, 0.6) is 0 Å². The van der Waals surface area contributed by atoms with Crippen molar-refractivity contribution in [2.45, 2.75) is 26.3 Å². The maximum Gasteiger partial charge on any atom is 0.124 e. The number of hydrogen-bond acceptors (Lipinski definition) is 5. The van der Waals surface area contributed by atoms with Crippen LogP contribution in [0.15, 0.2) is 22.2 Å². The summed E-state index contributed by atoms with van der Waals surface area (Å²) in [7, 11) is 0. The number of likely N-dealkylation sites (tertiary alicyclic amines) is 1. The number of thiophene rings is 1. The van der Waals surface area contributed by atoms with Crippen molar-refractivity contribution < 1.29 is 0 Å². The van der Waals surface area contributed by atoms with E-state index in [1.807, 2.05) is 0 Å². The smallest absolute Gasteiger partial charge is 0.124 e. The van der Waals surface area contributed by atoms with Crippen molar-refractivity contribution in [3.05, 3.63) is 27.9 Å². The van der Waals surface area contributed by atoms with Crippen LogP contribution >= 0.6 is 22.7 Å². The van der Waals surface area contributed by atoms with Gasteiger partial charge in [0, 0.05) is 22.9 Å². The number of piperidine rings is 1. The summed E-state index contributed by atoms with van der Waals surface area (Å²) >= 11 is 3.50. The second-order valence-electron chi connectivity index (χ2n) is 5.68. The minimum Gasteiger partial charge on any atom is -0.317 e. The fourth-order valence-electron chi connectivity index (χ4n) is 2.82. The normalized spacial score (nSPS) is 17.4. The first-order chi connectivity index (χ1) is 10.3. The van der Waals surface area contributed by atoms with Crippen LogP contribution in [0.25, 0.3) is 10.6 Å². The predicted molar refractivity (Wildman–Crippen MR) is 92.0 cm³/mol. The second kappa shape index (κ2) is 7.49. The average molecular weight is 322 g/mol. The maximum atomic E-state index is 4.79. The number of nitrogens with one attached hydrogen (secondary N) is 1. The zero-order valence-corrected chi connectivity index (χ0v) is 14.2. The van der Waals surface area contributed by atoms with Crippen LogP contribution in [0.2, 0.25) is 0 Å². The lowest BCUT2D eigenvalue weighted by Crippen LogP contribution is -2.36. The Morgan fingerprint density at radius 3 is 2.90 bits per heavy atom. The predicted octanol–water partition coefficient (Wildman–Crippen LogP) is 3.69. The molecule has 0 unspecified atom stereocenters. The molecule has 3 rings (SSSR count). The van der Waals surface area contributed by atoms with Gasteiger partial charge in [-0.3, -0.25) is 4.90 Å². The van der Waals surface area contributed by atoms with E-state index in [9.17, 15) is 0 Å². The van der Waals surface area contributed by atoms with Gasteiger partial charge in [-0.2, -0.15) is 11.3 Å². The lowest BCUT2D eigenvalue weighted by Gasteiger charge is -2.31. The van der Waals surface area contributed by atoms with Gasteiger partial charge in [-0.15, -0.1) is 11.3 Å². The summed E-state index contributed by atoms with van der Waals surface area (Å²) in [5.41, 5.74) is 2.49.